The number of carbonyl (C=O) groups is 2. The van der Waals surface area contributed by atoms with Crippen LogP contribution in [-0.4, -0.2) is 47.5 Å². The zero-order valence-corrected chi connectivity index (χ0v) is 24.8. The first-order valence-electron chi connectivity index (χ1n) is 14.6. The Balaban J connectivity index is 1.36. The lowest BCUT2D eigenvalue weighted by Gasteiger charge is -2.32. The highest BCUT2D eigenvalue weighted by molar-refractivity contribution is 7.89. The zero-order valence-electron chi connectivity index (χ0n) is 24.0. The van der Waals surface area contributed by atoms with Crippen LogP contribution >= 0.6 is 0 Å². The molecule has 1 aromatic heterocycles. The highest BCUT2D eigenvalue weighted by atomic mass is 32.2. The fourth-order valence-corrected chi connectivity index (χ4v) is 6.82. The molecule has 2 heterocycles. The van der Waals surface area contributed by atoms with Gasteiger partial charge in [-0.05, 0) is 65.8 Å². The Labute approximate surface area is 253 Å². The molecule has 8 nitrogen and oxygen atoms in total. The van der Waals surface area contributed by atoms with Gasteiger partial charge >= 0.3 is 0 Å². The molecule has 43 heavy (non-hydrogen) atoms. The number of benzene rings is 3. The van der Waals surface area contributed by atoms with E-state index in [1.165, 1.54) is 4.31 Å². The monoisotopic (exact) mass is 596 g/mol. The molecule has 4 aromatic rings. The van der Waals surface area contributed by atoms with E-state index in [1.54, 1.807) is 41.6 Å². The highest BCUT2D eigenvalue weighted by Gasteiger charge is 2.31. The van der Waals surface area contributed by atoms with E-state index in [9.17, 15) is 18.0 Å². The molecule has 0 radical (unpaired) electrons. The van der Waals surface area contributed by atoms with Crippen LogP contribution in [0.15, 0.2) is 114 Å². The number of pyridine rings is 1. The number of hydrogen-bond acceptors (Lipinski definition) is 5. The summed E-state index contributed by atoms with van der Waals surface area (Å²) in [6.07, 6.45) is 5.68. The smallest absolute Gasteiger partial charge is 0.247 e. The van der Waals surface area contributed by atoms with Crippen molar-refractivity contribution in [2.75, 3.05) is 13.1 Å². The molecule has 0 aliphatic carbocycles. The molecule has 1 fully saturated rings. The van der Waals surface area contributed by atoms with Crippen molar-refractivity contribution in [2.24, 2.45) is 0 Å². The van der Waals surface area contributed by atoms with Crippen LogP contribution in [0, 0.1) is 0 Å². The number of nitrogens with zero attached hydrogens (tertiary/aromatic N) is 3. The van der Waals surface area contributed by atoms with Gasteiger partial charge in [0, 0.05) is 45.0 Å². The van der Waals surface area contributed by atoms with E-state index in [2.05, 4.69) is 10.3 Å². The lowest BCUT2D eigenvalue weighted by Crippen LogP contribution is -2.43. The minimum absolute atomic E-state index is 0.159. The van der Waals surface area contributed by atoms with Gasteiger partial charge in [0.25, 0.3) is 0 Å². The summed E-state index contributed by atoms with van der Waals surface area (Å²) in [4.78, 5) is 33.7. The molecule has 2 amide bonds. The van der Waals surface area contributed by atoms with Crippen LogP contribution in [0.4, 0.5) is 0 Å². The Morgan fingerprint density at radius 3 is 2.07 bits per heavy atom. The third-order valence-corrected chi connectivity index (χ3v) is 9.57. The summed E-state index contributed by atoms with van der Waals surface area (Å²) in [5.74, 6) is -0.450. The van der Waals surface area contributed by atoms with E-state index >= 15 is 0 Å². The average molecular weight is 597 g/mol. The molecule has 0 saturated carbocycles. The normalized spacial score (nSPS) is 14.2. The molecular formula is C34H36N4O4S. The van der Waals surface area contributed by atoms with E-state index in [4.69, 9.17) is 0 Å². The molecule has 1 N–H and O–H groups in total. The Morgan fingerprint density at radius 2 is 1.42 bits per heavy atom. The maximum atomic E-state index is 13.9. The number of nitrogens with one attached hydrogen (secondary N) is 1. The quantitative estimate of drug-likeness (QED) is 0.251. The minimum atomic E-state index is -3.50. The predicted molar refractivity (Wildman–Crippen MR) is 165 cm³/mol. The lowest BCUT2D eigenvalue weighted by atomic mass is 10.0. The Hall–Kier alpha value is -4.34. The minimum Gasteiger partial charge on any atom is -0.350 e. The van der Waals surface area contributed by atoms with E-state index in [1.807, 2.05) is 72.8 Å². The number of sulfonamides is 1. The first kappa shape index (κ1) is 30.1. The molecule has 1 aliphatic heterocycles. The van der Waals surface area contributed by atoms with Crippen molar-refractivity contribution >= 4 is 21.8 Å². The van der Waals surface area contributed by atoms with Crippen molar-refractivity contribution in [3.05, 3.63) is 132 Å². The second kappa shape index (κ2) is 14.2. The standard InChI is InChI=1S/C34H36N4O4S/c39-32(18-15-27-13-16-31(17-14-27)43(41,42)37-23-7-8-24-37)38(26-29-9-3-1-4-10-29)33(30-11-5-2-6-12-30)34(40)36-25-28-19-21-35-22-20-28/h1-6,9-14,16-17,19-22,33H,7-8,15,18,23-26H2,(H,36,40)/t33-/m0/s1. The molecular weight excluding hydrogens is 560 g/mol. The SMILES string of the molecule is O=C(NCc1ccncc1)[C@H](c1ccccc1)N(Cc1ccccc1)C(=O)CCc1ccc(S(=O)(=O)N2CCCC2)cc1. The van der Waals surface area contributed by atoms with E-state index in [0.29, 0.717) is 26.1 Å². The third kappa shape index (κ3) is 7.74. The molecule has 0 spiro atoms. The van der Waals surface area contributed by atoms with Crippen LogP contribution < -0.4 is 5.32 Å². The molecule has 1 saturated heterocycles. The summed E-state index contributed by atoms with van der Waals surface area (Å²) < 4.78 is 27.4. The van der Waals surface area contributed by atoms with Crippen LogP contribution in [0.3, 0.4) is 0 Å². The molecule has 5 rings (SSSR count). The van der Waals surface area contributed by atoms with Crippen LogP contribution in [-0.2, 0) is 39.1 Å². The van der Waals surface area contributed by atoms with Gasteiger partial charge in [-0.1, -0.05) is 72.8 Å². The molecule has 1 aliphatic rings. The molecule has 9 heteroatoms. The Bertz CT molecular complexity index is 1590. The van der Waals surface area contributed by atoms with Gasteiger partial charge in [-0.15, -0.1) is 0 Å². The van der Waals surface area contributed by atoms with Crippen molar-refractivity contribution < 1.29 is 18.0 Å². The molecule has 3 aromatic carbocycles. The van der Waals surface area contributed by atoms with Gasteiger partial charge in [0.15, 0.2) is 0 Å². The van der Waals surface area contributed by atoms with Gasteiger partial charge < -0.3 is 10.2 Å². The van der Waals surface area contributed by atoms with Gasteiger partial charge in [0.1, 0.15) is 6.04 Å². The van der Waals surface area contributed by atoms with Gasteiger partial charge in [-0.25, -0.2) is 8.42 Å². The summed E-state index contributed by atoms with van der Waals surface area (Å²) in [7, 11) is -3.50. The van der Waals surface area contributed by atoms with Crippen LogP contribution in [0.25, 0.3) is 0 Å². The second-order valence-electron chi connectivity index (χ2n) is 10.6. The summed E-state index contributed by atoms with van der Waals surface area (Å²) in [6, 6.07) is 28.6. The molecule has 222 valence electrons. The number of aryl methyl sites for hydroxylation is 1. The Morgan fingerprint density at radius 1 is 0.791 bits per heavy atom. The summed E-state index contributed by atoms with van der Waals surface area (Å²) >= 11 is 0. The molecule has 0 bridgehead atoms. The fourth-order valence-electron chi connectivity index (χ4n) is 5.30. The van der Waals surface area contributed by atoms with E-state index < -0.39 is 16.1 Å². The first-order chi connectivity index (χ1) is 20.9. The topological polar surface area (TPSA) is 99.7 Å². The van der Waals surface area contributed by atoms with Crippen molar-refractivity contribution in [1.82, 2.24) is 19.5 Å². The summed E-state index contributed by atoms with van der Waals surface area (Å²) in [5, 5.41) is 3.01. The highest BCUT2D eigenvalue weighted by Crippen LogP contribution is 2.26. The maximum Gasteiger partial charge on any atom is 0.247 e. The number of rotatable bonds is 12. The van der Waals surface area contributed by atoms with Crippen LogP contribution in [0.5, 0.6) is 0 Å². The summed E-state index contributed by atoms with van der Waals surface area (Å²) in [5.41, 5.74) is 3.39. The van der Waals surface area contributed by atoms with Gasteiger partial charge in [-0.3, -0.25) is 14.6 Å². The third-order valence-electron chi connectivity index (χ3n) is 7.66. The van der Waals surface area contributed by atoms with Crippen molar-refractivity contribution in [3.8, 4) is 0 Å². The fraction of sp³-hybridized carbons (Fsp3) is 0.265. The van der Waals surface area contributed by atoms with Crippen LogP contribution in [0.1, 0.15) is 47.6 Å². The number of aromatic nitrogens is 1. The maximum absolute atomic E-state index is 13.9. The number of amides is 2. The van der Waals surface area contributed by atoms with E-state index in [-0.39, 0.29) is 29.7 Å². The van der Waals surface area contributed by atoms with Gasteiger partial charge in [0.05, 0.1) is 4.90 Å². The average Bonchev–Trinajstić information content (AvgIpc) is 3.61. The lowest BCUT2D eigenvalue weighted by molar-refractivity contribution is -0.141. The largest absolute Gasteiger partial charge is 0.350 e. The first-order valence-corrected chi connectivity index (χ1v) is 16.0. The number of hydrogen-bond donors (Lipinski definition) is 1. The molecule has 0 unspecified atom stereocenters. The predicted octanol–water partition coefficient (Wildman–Crippen LogP) is 4.89. The summed E-state index contributed by atoms with van der Waals surface area (Å²) in [6.45, 7) is 1.67. The van der Waals surface area contributed by atoms with Crippen LogP contribution in [0.2, 0.25) is 0 Å². The van der Waals surface area contributed by atoms with Crippen molar-refractivity contribution in [3.63, 3.8) is 0 Å². The van der Waals surface area contributed by atoms with Gasteiger partial charge in [-0.2, -0.15) is 4.31 Å². The molecule has 1 atom stereocenters. The Kier molecular flexibility index (Phi) is 9.96. The second-order valence-corrected chi connectivity index (χ2v) is 12.6. The van der Waals surface area contributed by atoms with E-state index in [0.717, 1.165) is 35.1 Å². The zero-order chi connectivity index (χ0) is 30.1. The number of carbonyl (C=O) groups excluding carboxylic acids is 2. The van der Waals surface area contributed by atoms with Crippen molar-refractivity contribution in [2.45, 2.75) is 49.7 Å². The van der Waals surface area contributed by atoms with Crippen molar-refractivity contribution in [1.29, 1.82) is 0 Å². The van der Waals surface area contributed by atoms with Gasteiger partial charge in [0.2, 0.25) is 21.8 Å².